The molecule has 20 heavy (non-hydrogen) atoms. The third-order valence-corrected chi connectivity index (χ3v) is 3.93. The highest BCUT2D eigenvalue weighted by molar-refractivity contribution is 5.87. The number of hydrogen-bond acceptors (Lipinski definition) is 2. The van der Waals surface area contributed by atoms with Crippen molar-refractivity contribution >= 4 is 16.9 Å². The lowest BCUT2D eigenvalue weighted by molar-refractivity contribution is -0.136. The molecule has 0 bridgehead atoms. The summed E-state index contributed by atoms with van der Waals surface area (Å²) in [4.78, 5) is 11.0. The minimum atomic E-state index is -0.793. The van der Waals surface area contributed by atoms with Gasteiger partial charge in [0, 0.05) is 23.6 Å². The molecular formula is C16H19NO3. The van der Waals surface area contributed by atoms with Crippen LogP contribution in [-0.2, 0) is 22.5 Å². The number of benzene rings is 1. The van der Waals surface area contributed by atoms with Gasteiger partial charge in [-0.25, -0.2) is 0 Å². The first-order chi connectivity index (χ1) is 9.63. The van der Waals surface area contributed by atoms with Crippen LogP contribution in [0.3, 0.4) is 0 Å². The van der Waals surface area contributed by atoms with Gasteiger partial charge in [0.1, 0.15) is 0 Å². The molecule has 1 fully saturated rings. The maximum absolute atomic E-state index is 11.0. The number of nitrogens with zero attached hydrogens (tertiary/aromatic N) is 1. The molecule has 1 saturated heterocycles. The lowest BCUT2D eigenvalue weighted by atomic mass is 10.1. The number of fused-ring (bicyclic) bond motifs is 1. The number of hydrogen-bond donors (Lipinski definition) is 1. The van der Waals surface area contributed by atoms with Crippen LogP contribution < -0.4 is 0 Å². The molecule has 0 saturated carbocycles. The third kappa shape index (κ3) is 2.56. The molecule has 0 aliphatic carbocycles. The van der Waals surface area contributed by atoms with Gasteiger partial charge < -0.3 is 14.4 Å². The number of para-hydroxylation sites is 1. The van der Waals surface area contributed by atoms with Crippen LogP contribution in [0.5, 0.6) is 0 Å². The molecule has 2 unspecified atom stereocenters. The van der Waals surface area contributed by atoms with E-state index in [-0.39, 0.29) is 12.5 Å². The molecule has 2 atom stereocenters. The Bertz CT molecular complexity index is 632. The van der Waals surface area contributed by atoms with Gasteiger partial charge in [0.2, 0.25) is 0 Å². The van der Waals surface area contributed by atoms with Gasteiger partial charge in [-0.1, -0.05) is 18.2 Å². The van der Waals surface area contributed by atoms with Crippen LogP contribution in [0.2, 0.25) is 0 Å². The van der Waals surface area contributed by atoms with Gasteiger partial charge in [-0.3, -0.25) is 4.79 Å². The molecule has 1 aliphatic rings. The second-order valence-corrected chi connectivity index (χ2v) is 5.54. The van der Waals surface area contributed by atoms with E-state index in [0.29, 0.717) is 6.10 Å². The molecule has 0 spiro atoms. The number of ether oxygens (including phenoxy) is 1. The quantitative estimate of drug-likeness (QED) is 0.932. The summed E-state index contributed by atoms with van der Waals surface area (Å²) in [5, 5.41) is 10.0. The third-order valence-electron chi connectivity index (χ3n) is 3.93. The molecular weight excluding hydrogens is 254 g/mol. The molecule has 106 valence electrons. The number of carboxylic acids is 1. The standard InChI is InChI=1S/C16H19NO3/c1-11-6-7-13(20-11)10-17-9-12(8-16(18)19)14-4-2-3-5-15(14)17/h2-5,9,11,13H,6-8,10H2,1H3,(H,18,19). The second-order valence-electron chi connectivity index (χ2n) is 5.54. The fraction of sp³-hybridized carbons (Fsp3) is 0.438. The Hall–Kier alpha value is -1.81. The zero-order chi connectivity index (χ0) is 14.1. The molecule has 0 radical (unpaired) electrons. The van der Waals surface area contributed by atoms with Crippen molar-refractivity contribution in [3.05, 3.63) is 36.0 Å². The van der Waals surface area contributed by atoms with E-state index < -0.39 is 5.97 Å². The van der Waals surface area contributed by atoms with Gasteiger partial charge in [-0.05, 0) is 31.4 Å². The van der Waals surface area contributed by atoms with Crippen LogP contribution in [0, 0.1) is 0 Å². The zero-order valence-electron chi connectivity index (χ0n) is 11.6. The Morgan fingerprint density at radius 1 is 1.40 bits per heavy atom. The Labute approximate surface area is 118 Å². The average molecular weight is 273 g/mol. The van der Waals surface area contributed by atoms with Crippen molar-refractivity contribution in [3.63, 3.8) is 0 Å². The van der Waals surface area contributed by atoms with Gasteiger partial charge in [0.05, 0.1) is 18.6 Å². The van der Waals surface area contributed by atoms with Crippen molar-refractivity contribution in [2.24, 2.45) is 0 Å². The van der Waals surface area contributed by atoms with Gasteiger partial charge in [-0.2, -0.15) is 0 Å². The molecule has 3 rings (SSSR count). The van der Waals surface area contributed by atoms with Crippen molar-refractivity contribution in [2.75, 3.05) is 0 Å². The Morgan fingerprint density at radius 3 is 2.90 bits per heavy atom. The maximum atomic E-state index is 11.0. The van der Waals surface area contributed by atoms with Crippen LogP contribution in [0.4, 0.5) is 0 Å². The van der Waals surface area contributed by atoms with Crippen LogP contribution >= 0.6 is 0 Å². The number of carboxylic acid groups (broad SMARTS) is 1. The molecule has 1 aromatic heterocycles. The van der Waals surface area contributed by atoms with E-state index in [4.69, 9.17) is 9.84 Å². The van der Waals surface area contributed by atoms with Crippen LogP contribution in [-0.4, -0.2) is 27.9 Å². The van der Waals surface area contributed by atoms with Crippen molar-refractivity contribution < 1.29 is 14.6 Å². The zero-order valence-corrected chi connectivity index (χ0v) is 11.6. The SMILES string of the molecule is CC1CCC(Cn2cc(CC(=O)O)c3ccccc32)O1. The lowest BCUT2D eigenvalue weighted by Gasteiger charge is -2.13. The normalized spacial score (nSPS) is 22.4. The van der Waals surface area contributed by atoms with Crippen LogP contribution in [0.15, 0.2) is 30.5 Å². The van der Waals surface area contributed by atoms with Gasteiger partial charge in [0.15, 0.2) is 0 Å². The predicted molar refractivity (Wildman–Crippen MR) is 76.8 cm³/mol. The van der Waals surface area contributed by atoms with E-state index in [0.717, 1.165) is 35.9 Å². The van der Waals surface area contributed by atoms with E-state index in [9.17, 15) is 4.79 Å². The van der Waals surface area contributed by atoms with Crippen LogP contribution in [0.1, 0.15) is 25.3 Å². The number of aromatic nitrogens is 1. The first-order valence-corrected chi connectivity index (χ1v) is 7.07. The Morgan fingerprint density at radius 2 is 2.20 bits per heavy atom. The second kappa shape index (κ2) is 5.29. The van der Waals surface area contributed by atoms with Gasteiger partial charge in [-0.15, -0.1) is 0 Å². The molecule has 2 heterocycles. The first kappa shape index (κ1) is 13.2. The lowest BCUT2D eigenvalue weighted by Crippen LogP contribution is -2.15. The summed E-state index contributed by atoms with van der Waals surface area (Å²) < 4.78 is 8.00. The van der Waals surface area contributed by atoms with E-state index >= 15 is 0 Å². The van der Waals surface area contributed by atoms with Crippen molar-refractivity contribution in [1.82, 2.24) is 4.57 Å². The molecule has 1 aromatic carbocycles. The molecule has 2 aromatic rings. The summed E-state index contributed by atoms with van der Waals surface area (Å²) in [5.41, 5.74) is 1.96. The van der Waals surface area contributed by atoms with E-state index in [2.05, 4.69) is 11.5 Å². The number of aliphatic carboxylic acids is 1. The van der Waals surface area contributed by atoms with Crippen molar-refractivity contribution in [1.29, 1.82) is 0 Å². The number of carbonyl (C=O) groups is 1. The summed E-state index contributed by atoms with van der Waals surface area (Å²) in [7, 11) is 0. The monoisotopic (exact) mass is 273 g/mol. The van der Waals surface area contributed by atoms with Crippen molar-refractivity contribution in [2.45, 2.75) is 44.9 Å². The van der Waals surface area contributed by atoms with Crippen molar-refractivity contribution in [3.8, 4) is 0 Å². The van der Waals surface area contributed by atoms with E-state index in [1.165, 1.54) is 0 Å². The average Bonchev–Trinajstić information content (AvgIpc) is 2.95. The van der Waals surface area contributed by atoms with E-state index in [1.807, 2.05) is 30.5 Å². The summed E-state index contributed by atoms with van der Waals surface area (Å²) in [5.74, 6) is -0.793. The highest BCUT2D eigenvalue weighted by Crippen LogP contribution is 2.26. The summed E-state index contributed by atoms with van der Waals surface area (Å²) in [6.45, 7) is 2.90. The largest absolute Gasteiger partial charge is 0.481 e. The maximum Gasteiger partial charge on any atom is 0.307 e. The highest BCUT2D eigenvalue weighted by Gasteiger charge is 2.23. The summed E-state index contributed by atoms with van der Waals surface area (Å²) in [6.07, 6.45) is 4.77. The predicted octanol–water partition coefficient (Wildman–Crippen LogP) is 2.84. The Balaban J connectivity index is 1.92. The molecule has 1 aliphatic heterocycles. The molecule has 4 nitrogen and oxygen atoms in total. The Kier molecular flexibility index (Phi) is 3.49. The topological polar surface area (TPSA) is 51.5 Å². The minimum Gasteiger partial charge on any atom is -0.481 e. The molecule has 1 N–H and O–H groups in total. The van der Waals surface area contributed by atoms with Gasteiger partial charge in [0.25, 0.3) is 0 Å². The van der Waals surface area contributed by atoms with Crippen LogP contribution in [0.25, 0.3) is 10.9 Å². The summed E-state index contributed by atoms with van der Waals surface area (Å²) in [6, 6.07) is 7.97. The fourth-order valence-corrected chi connectivity index (χ4v) is 3.02. The fourth-order valence-electron chi connectivity index (χ4n) is 3.02. The minimum absolute atomic E-state index is 0.0649. The smallest absolute Gasteiger partial charge is 0.307 e. The first-order valence-electron chi connectivity index (χ1n) is 7.07. The van der Waals surface area contributed by atoms with E-state index in [1.54, 1.807) is 0 Å². The molecule has 4 heteroatoms. The van der Waals surface area contributed by atoms with Gasteiger partial charge >= 0.3 is 5.97 Å². The highest BCUT2D eigenvalue weighted by atomic mass is 16.5. The summed E-state index contributed by atoms with van der Waals surface area (Å²) >= 11 is 0. The number of rotatable bonds is 4. The molecule has 0 amide bonds.